The number of piperidine rings is 1. The Morgan fingerprint density at radius 3 is 2.11 bits per heavy atom. The number of hydrogen-bond acceptors (Lipinski definition) is 4. The highest BCUT2D eigenvalue weighted by molar-refractivity contribution is 8.18. The van der Waals surface area contributed by atoms with Crippen LogP contribution < -0.4 is 4.90 Å². The summed E-state index contributed by atoms with van der Waals surface area (Å²) in [6.45, 7) is 3.50. The average molecular weight is 434 g/mol. The first-order valence-electron chi connectivity index (χ1n) is 8.63. The van der Waals surface area contributed by atoms with Crippen LogP contribution in [0.25, 0.3) is 0 Å². The summed E-state index contributed by atoms with van der Waals surface area (Å²) >= 11 is -4.93. The van der Waals surface area contributed by atoms with Crippen LogP contribution in [0.2, 0.25) is 0 Å². The molecule has 0 bridgehead atoms. The number of ether oxygens (including phenoxy) is 1. The van der Waals surface area contributed by atoms with Gasteiger partial charge in [0.2, 0.25) is 0 Å². The van der Waals surface area contributed by atoms with Crippen LogP contribution in [-0.4, -0.2) is 49.5 Å². The number of benzene rings is 1. The summed E-state index contributed by atoms with van der Waals surface area (Å²) in [5, 5.41) is 0. The third kappa shape index (κ3) is 7.08. The Bertz CT molecular complexity index is 643. The van der Waals surface area contributed by atoms with Crippen LogP contribution in [0.15, 0.2) is 18.2 Å². The summed E-state index contributed by atoms with van der Waals surface area (Å²) in [4.78, 5) is 13.1. The molecule has 0 aromatic heterocycles. The van der Waals surface area contributed by atoms with Gasteiger partial charge in [-0.15, -0.1) is 11.7 Å². The van der Waals surface area contributed by atoms with Gasteiger partial charge in [0.05, 0.1) is 12.7 Å². The molecule has 4 nitrogen and oxygen atoms in total. The van der Waals surface area contributed by atoms with E-state index < -0.39 is 29.1 Å². The van der Waals surface area contributed by atoms with Crippen molar-refractivity contribution >= 4 is 23.0 Å². The number of hydrogen-bond donors (Lipinski definition) is 0. The topological polar surface area (TPSA) is 32.8 Å². The molecule has 0 unspecified atom stereocenters. The number of anilines is 1. The van der Waals surface area contributed by atoms with Gasteiger partial charge in [-0.2, -0.15) is 4.31 Å². The van der Waals surface area contributed by atoms with Crippen molar-refractivity contribution < 1.29 is 34.4 Å². The van der Waals surface area contributed by atoms with Crippen LogP contribution in [0.3, 0.4) is 0 Å². The molecular weight excluding hydrogens is 410 g/mol. The SMILES string of the molecule is CCN(CC)S(F)(F)F.COC(=O)c1cc(N2CCC(F)(F)CC2)ccc1F. The van der Waals surface area contributed by atoms with E-state index in [0.29, 0.717) is 9.99 Å². The molecule has 11 heteroatoms. The van der Waals surface area contributed by atoms with Crippen molar-refractivity contribution in [1.82, 2.24) is 4.31 Å². The summed E-state index contributed by atoms with van der Waals surface area (Å²) in [5.41, 5.74) is 0.370. The van der Waals surface area contributed by atoms with E-state index in [-0.39, 0.29) is 44.6 Å². The predicted octanol–water partition coefficient (Wildman–Crippen LogP) is 5.55. The molecule has 1 aromatic carbocycles. The fraction of sp³-hybridized carbons (Fsp3) is 0.588. The van der Waals surface area contributed by atoms with E-state index in [4.69, 9.17) is 0 Å². The van der Waals surface area contributed by atoms with Crippen LogP contribution in [0.4, 0.5) is 30.5 Å². The Kier molecular flexibility index (Phi) is 8.93. The minimum atomic E-state index is -4.93. The van der Waals surface area contributed by atoms with Crippen molar-refractivity contribution in [3.05, 3.63) is 29.6 Å². The third-order valence-electron chi connectivity index (χ3n) is 4.21. The Morgan fingerprint density at radius 2 is 1.71 bits per heavy atom. The van der Waals surface area contributed by atoms with Crippen molar-refractivity contribution in [2.45, 2.75) is 32.6 Å². The molecular formula is C17H24F6N2O2S. The minimum Gasteiger partial charge on any atom is -0.465 e. The van der Waals surface area contributed by atoms with Crippen molar-refractivity contribution in [2.24, 2.45) is 0 Å². The van der Waals surface area contributed by atoms with E-state index in [1.807, 2.05) is 0 Å². The highest BCUT2D eigenvalue weighted by Crippen LogP contribution is 2.56. The van der Waals surface area contributed by atoms with Crippen LogP contribution in [0, 0.1) is 5.82 Å². The predicted molar refractivity (Wildman–Crippen MR) is 98.0 cm³/mol. The van der Waals surface area contributed by atoms with Gasteiger partial charge in [-0.3, -0.25) is 0 Å². The zero-order valence-corrected chi connectivity index (χ0v) is 16.7. The van der Waals surface area contributed by atoms with Gasteiger partial charge in [0.15, 0.2) is 0 Å². The van der Waals surface area contributed by atoms with Crippen LogP contribution in [0.5, 0.6) is 0 Å². The lowest BCUT2D eigenvalue weighted by Gasteiger charge is -2.33. The zero-order valence-electron chi connectivity index (χ0n) is 15.9. The van der Waals surface area contributed by atoms with E-state index in [9.17, 15) is 29.6 Å². The maximum absolute atomic E-state index is 13.5. The Labute approximate surface area is 162 Å². The first kappa shape index (κ1) is 24.4. The normalized spacial score (nSPS) is 17.0. The third-order valence-corrected chi connectivity index (χ3v) is 5.32. The quantitative estimate of drug-likeness (QED) is 0.449. The Balaban J connectivity index is 0.000000370. The number of carbonyl (C=O) groups is 1. The molecule has 0 atom stereocenters. The second-order valence-electron chi connectivity index (χ2n) is 5.99. The fourth-order valence-electron chi connectivity index (χ4n) is 2.58. The second kappa shape index (κ2) is 10.2. The van der Waals surface area contributed by atoms with E-state index in [2.05, 4.69) is 4.74 Å². The summed E-state index contributed by atoms with van der Waals surface area (Å²) in [6, 6.07) is 3.96. The highest BCUT2D eigenvalue weighted by Gasteiger charge is 2.34. The van der Waals surface area contributed by atoms with Gasteiger partial charge in [0.25, 0.3) is 17.3 Å². The van der Waals surface area contributed by atoms with E-state index in [1.165, 1.54) is 26.0 Å². The van der Waals surface area contributed by atoms with Crippen molar-refractivity contribution in [3.8, 4) is 0 Å². The first-order chi connectivity index (χ1) is 12.9. The number of rotatable bonds is 5. The molecule has 1 aromatic rings. The molecule has 1 fully saturated rings. The molecule has 0 aliphatic carbocycles. The number of carbonyl (C=O) groups excluding carboxylic acids is 1. The lowest BCUT2D eigenvalue weighted by molar-refractivity contribution is -0.0220. The maximum atomic E-state index is 13.5. The van der Waals surface area contributed by atoms with Crippen LogP contribution >= 0.6 is 11.4 Å². The van der Waals surface area contributed by atoms with Gasteiger partial charge in [-0.25, -0.2) is 18.0 Å². The number of halogens is 6. The lowest BCUT2D eigenvalue weighted by atomic mass is 10.1. The highest BCUT2D eigenvalue weighted by atomic mass is 32.3. The molecule has 162 valence electrons. The van der Waals surface area contributed by atoms with Gasteiger partial charge in [-0.05, 0) is 18.2 Å². The molecule has 1 aliphatic rings. The summed E-state index contributed by atoms with van der Waals surface area (Å²) in [6.07, 6.45) is -0.476. The van der Waals surface area contributed by atoms with Crippen molar-refractivity contribution in [1.29, 1.82) is 0 Å². The summed E-state index contributed by atoms with van der Waals surface area (Å²) in [7, 11) is 1.16. The molecule has 0 amide bonds. The molecule has 0 spiro atoms. The van der Waals surface area contributed by atoms with E-state index in [1.54, 1.807) is 4.90 Å². The van der Waals surface area contributed by atoms with Crippen molar-refractivity contribution in [3.63, 3.8) is 0 Å². The average Bonchev–Trinajstić information content (AvgIpc) is 2.62. The van der Waals surface area contributed by atoms with E-state index >= 15 is 0 Å². The van der Waals surface area contributed by atoms with Gasteiger partial charge in [0, 0.05) is 44.7 Å². The Morgan fingerprint density at radius 1 is 1.18 bits per heavy atom. The monoisotopic (exact) mass is 434 g/mol. The van der Waals surface area contributed by atoms with Gasteiger partial charge in [-0.1, -0.05) is 13.8 Å². The Hall–Kier alpha value is -1.62. The summed E-state index contributed by atoms with van der Waals surface area (Å²) in [5.74, 6) is -4.10. The molecule has 1 aliphatic heterocycles. The van der Waals surface area contributed by atoms with Gasteiger partial charge < -0.3 is 9.64 Å². The summed E-state index contributed by atoms with van der Waals surface area (Å²) < 4.78 is 79.8. The molecule has 28 heavy (non-hydrogen) atoms. The molecule has 0 radical (unpaired) electrons. The number of esters is 1. The smallest absolute Gasteiger partial charge is 0.340 e. The van der Waals surface area contributed by atoms with Crippen LogP contribution in [0.1, 0.15) is 37.0 Å². The second-order valence-corrected chi connectivity index (χ2v) is 7.28. The first-order valence-corrected chi connectivity index (χ1v) is 9.92. The molecule has 2 rings (SSSR count). The number of alkyl halides is 2. The van der Waals surface area contributed by atoms with Gasteiger partial charge in [0.1, 0.15) is 5.82 Å². The van der Waals surface area contributed by atoms with Crippen LogP contribution in [-0.2, 0) is 4.74 Å². The standard InChI is InChI=1S/C13H14F3NO2.C4H10F3NS/c1-19-12(18)10-8-9(2-3-11(10)14)17-6-4-13(15,16)5-7-17;1-3-8(4-2)9(5,6)7/h2-3,8H,4-7H2,1H3;3-4H2,1-2H3. The lowest BCUT2D eigenvalue weighted by Crippen LogP contribution is -2.39. The molecule has 1 heterocycles. The number of nitrogens with zero attached hydrogens (tertiary/aromatic N) is 2. The van der Waals surface area contributed by atoms with E-state index in [0.717, 1.165) is 13.2 Å². The maximum Gasteiger partial charge on any atom is 0.340 e. The van der Waals surface area contributed by atoms with Crippen molar-refractivity contribution in [2.75, 3.05) is 38.2 Å². The molecule has 0 N–H and O–H groups in total. The fourth-order valence-corrected chi connectivity index (χ4v) is 3.17. The molecule has 1 saturated heterocycles. The molecule has 0 saturated carbocycles. The number of methoxy groups -OCH3 is 1. The minimum absolute atomic E-state index is 0.0648. The largest absolute Gasteiger partial charge is 0.465 e. The zero-order chi connectivity index (χ0) is 21.5. The van der Waals surface area contributed by atoms with Gasteiger partial charge >= 0.3 is 5.97 Å².